The van der Waals surface area contributed by atoms with Gasteiger partial charge in [0.25, 0.3) is 0 Å². The van der Waals surface area contributed by atoms with Crippen LogP contribution >= 0.6 is 0 Å². The predicted octanol–water partition coefficient (Wildman–Crippen LogP) is 3.94. The largest absolute Gasteiger partial charge is 0.494 e. The SMILES string of the molecule is CCOc1ccc(C[NH2+]C(c2ccccc2)c2ccccc2)cc1. The summed E-state index contributed by atoms with van der Waals surface area (Å²) >= 11 is 0. The molecule has 2 heteroatoms. The van der Waals surface area contributed by atoms with Crippen molar-refractivity contribution in [3.05, 3.63) is 102 Å². The minimum atomic E-state index is 0.305. The normalized spacial score (nSPS) is 10.8. The summed E-state index contributed by atoms with van der Waals surface area (Å²) < 4.78 is 5.51. The van der Waals surface area contributed by atoms with Crippen LogP contribution in [0, 0.1) is 0 Å². The molecule has 0 aliphatic heterocycles. The van der Waals surface area contributed by atoms with Gasteiger partial charge in [0.15, 0.2) is 0 Å². The molecule has 0 unspecified atom stereocenters. The van der Waals surface area contributed by atoms with Crippen molar-refractivity contribution >= 4 is 0 Å². The van der Waals surface area contributed by atoms with Crippen molar-refractivity contribution in [1.29, 1.82) is 0 Å². The zero-order valence-electron chi connectivity index (χ0n) is 14.1. The summed E-state index contributed by atoms with van der Waals surface area (Å²) in [6.45, 7) is 3.64. The Morgan fingerprint density at radius 1 is 0.750 bits per heavy atom. The Morgan fingerprint density at radius 2 is 1.29 bits per heavy atom. The number of hydrogen-bond donors (Lipinski definition) is 1. The predicted molar refractivity (Wildman–Crippen MR) is 98.0 cm³/mol. The van der Waals surface area contributed by atoms with Gasteiger partial charge in [-0.2, -0.15) is 0 Å². The van der Waals surface area contributed by atoms with Crippen molar-refractivity contribution in [1.82, 2.24) is 0 Å². The van der Waals surface area contributed by atoms with E-state index in [1.807, 2.05) is 19.1 Å². The molecule has 0 atom stereocenters. The smallest absolute Gasteiger partial charge is 0.138 e. The van der Waals surface area contributed by atoms with E-state index in [1.54, 1.807) is 0 Å². The van der Waals surface area contributed by atoms with Crippen molar-refractivity contribution in [2.75, 3.05) is 6.61 Å². The molecule has 0 radical (unpaired) electrons. The average Bonchev–Trinajstić information content (AvgIpc) is 2.65. The second-order valence-electron chi connectivity index (χ2n) is 5.82. The van der Waals surface area contributed by atoms with Gasteiger partial charge in [0.05, 0.1) is 6.61 Å². The van der Waals surface area contributed by atoms with Crippen LogP contribution in [-0.4, -0.2) is 6.61 Å². The van der Waals surface area contributed by atoms with Crippen LogP contribution in [-0.2, 0) is 6.54 Å². The van der Waals surface area contributed by atoms with E-state index < -0.39 is 0 Å². The molecule has 3 rings (SSSR count). The molecule has 24 heavy (non-hydrogen) atoms. The maximum atomic E-state index is 5.51. The summed E-state index contributed by atoms with van der Waals surface area (Å²) in [7, 11) is 0. The number of rotatable bonds is 7. The molecular formula is C22H24NO+. The lowest BCUT2D eigenvalue weighted by atomic mass is 9.98. The fourth-order valence-corrected chi connectivity index (χ4v) is 2.93. The van der Waals surface area contributed by atoms with Gasteiger partial charge in [-0.3, -0.25) is 0 Å². The highest BCUT2D eigenvalue weighted by molar-refractivity contribution is 5.30. The van der Waals surface area contributed by atoms with Crippen LogP contribution in [0.2, 0.25) is 0 Å². The van der Waals surface area contributed by atoms with Gasteiger partial charge in [0.1, 0.15) is 18.3 Å². The van der Waals surface area contributed by atoms with E-state index in [0.717, 1.165) is 12.3 Å². The van der Waals surface area contributed by atoms with Crippen molar-refractivity contribution in [3.63, 3.8) is 0 Å². The minimum Gasteiger partial charge on any atom is -0.494 e. The van der Waals surface area contributed by atoms with Gasteiger partial charge in [-0.15, -0.1) is 0 Å². The molecule has 3 aromatic carbocycles. The van der Waals surface area contributed by atoms with Gasteiger partial charge >= 0.3 is 0 Å². The van der Waals surface area contributed by atoms with Gasteiger partial charge in [-0.05, 0) is 31.2 Å². The molecule has 0 aromatic heterocycles. The molecule has 0 fully saturated rings. The Hall–Kier alpha value is -2.58. The third-order valence-electron chi connectivity index (χ3n) is 4.14. The van der Waals surface area contributed by atoms with E-state index in [9.17, 15) is 0 Å². The number of ether oxygens (including phenoxy) is 1. The van der Waals surface area contributed by atoms with E-state index in [1.165, 1.54) is 16.7 Å². The molecule has 2 nitrogen and oxygen atoms in total. The zero-order chi connectivity index (χ0) is 16.6. The lowest BCUT2D eigenvalue weighted by Gasteiger charge is -2.17. The molecule has 0 saturated heterocycles. The highest BCUT2D eigenvalue weighted by atomic mass is 16.5. The van der Waals surface area contributed by atoms with Gasteiger partial charge < -0.3 is 10.1 Å². The molecule has 0 aliphatic carbocycles. The van der Waals surface area contributed by atoms with Crippen LogP contribution in [0.3, 0.4) is 0 Å². The van der Waals surface area contributed by atoms with Gasteiger partial charge in [0.2, 0.25) is 0 Å². The standard InChI is InChI=1S/C22H23NO/c1-2-24-21-15-13-18(14-16-21)17-23-22(19-9-5-3-6-10-19)20-11-7-4-8-12-20/h3-16,22-23H,2,17H2,1H3/p+1. The zero-order valence-corrected chi connectivity index (χ0v) is 14.1. The summed E-state index contributed by atoms with van der Waals surface area (Å²) in [6.07, 6.45) is 0. The van der Waals surface area contributed by atoms with Gasteiger partial charge in [-0.1, -0.05) is 60.7 Å². The molecule has 122 valence electrons. The molecule has 0 heterocycles. The second kappa shape index (κ2) is 8.32. The summed E-state index contributed by atoms with van der Waals surface area (Å²) in [5.74, 6) is 0.934. The minimum absolute atomic E-state index is 0.305. The number of benzene rings is 3. The second-order valence-corrected chi connectivity index (χ2v) is 5.82. The molecule has 2 N–H and O–H groups in total. The first-order valence-corrected chi connectivity index (χ1v) is 8.52. The topological polar surface area (TPSA) is 25.8 Å². The Balaban J connectivity index is 1.75. The van der Waals surface area contributed by atoms with E-state index >= 15 is 0 Å². The molecule has 0 aliphatic rings. The molecule has 3 aromatic rings. The van der Waals surface area contributed by atoms with Crippen LogP contribution < -0.4 is 10.1 Å². The monoisotopic (exact) mass is 318 g/mol. The fourth-order valence-electron chi connectivity index (χ4n) is 2.93. The summed E-state index contributed by atoms with van der Waals surface area (Å²) in [6, 6.07) is 30.1. The molecule has 0 bridgehead atoms. The van der Waals surface area contributed by atoms with Crippen LogP contribution in [0.1, 0.15) is 29.7 Å². The molecular weight excluding hydrogens is 294 g/mol. The van der Waals surface area contributed by atoms with Crippen molar-refractivity contribution in [2.24, 2.45) is 0 Å². The van der Waals surface area contributed by atoms with Crippen molar-refractivity contribution in [3.8, 4) is 5.75 Å². The Kier molecular flexibility index (Phi) is 5.65. The van der Waals surface area contributed by atoms with E-state index in [2.05, 4.69) is 78.1 Å². The molecule has 0 saturated carbocycles. The lowest BCUT2D eigenvalue weighted by molar-refractivity contribution is -0.702. The number of hydrogen-bond acceptors (Lipinski definition) is 1. The van der Waals surface area contributed by atoms with Crippen LogP contribution in [0.5, 0.6) is 5.75 Å². The van der Waals surface area contributed by atoms with Gasteiger partial charge in [0, 0.05) is 16.7 Å². The van der Waals surface area contributed by atoms with Crippen molar-refractivity contribution < 1.29 is 10.1 Å². The van der Waals surface area contributed by atoms with E-state index in [0.29, 0.717) is 12.6 Å². The van der Waals surface area contributed by atoms with E-state index in [-0.39, 0.29) is 0 Å². The highest BCUT2D eigenvalue weighted by Crippen LogP contribution is 2.18. The summed E-state index contributed by atoms with van der Waals surface area (Å²) in [5, 5.41) is 2.39. The van der Waals surface area contributed by atoms with Crippen molar-refractivity contribution in [2.45, 2.75) is 19.5 Å². The summed E-state index contributed by atoms with van der Waals surface area (Å²) in [4.78, 5) is 0. The maximum absolute atomic E-state index is 5.51. The average molecular weight is 318 g/mol. The first-order valence-electron chi connectivity index (χ1n) is 8.52. The Morgan fingerprint density at radius 3 is 1.79 bits per heavy atom. The Bertz CT molecular complexity index is 683. The van der Waals surface area contributed by atoms with Crippen LogP contribution in [0.25, 0.3) is 0 Å². The highest BCUT2D eigenvalue weighted by Gasteiger charge is 2.16. The maximum Gasteiger partial charge on any atom is 0.138 e. The third-order valence-corrected chi connectivity index (χ3v) is 4.14. The first kappa shape index (κ1) is 16.3. The lowest BCUT2D eigenvalue weighted by Crippen LogP contribution is -2.83. The molecule has 0 amide bonds. The van der Waals surface area contributed by atoms with E-state index in [4.69, 9.17) is 4.74 Å². The summed E-state index contributed by atoms with van der Waals surface area (Å²) in [5.41, 5.74) is 3.96. The quantitative estimate of drug-likeness (QED) is 0.701. The first-order chi connectivity index (χ1) is 11.9. The Labute approximate surface area is 144 Å². The number of quaternary nitrogens is 1. The van der Waals surface area contributed by atoms with Crippen LogP contribution in [0.4, 0.5) is 0 Å². The third kappa shape index (κ3) is 4.24. The molecule has 0 spiro atoms. The number of nitrogens with two attached hydrogens (primary N) is 1. The van der Waals surface area contributed by atoms with Gasteiger partial charge in [-0.25, -0.2) is 0 Å². The fraction of sp³-hybridized carbons (Fsp3) is 0.182. The van der Waals surface area contributed by atoms with Crippen LogP contribution in [0.15, 0.2) is 84.9 Å².